The molecule has 0 bridgehead atoms. The van der Waals surface area contributed by atoms with Gasteiger partial charge in [-0.25, -0.2) is 4.39 Å². The molecule has 3 rings (SSSR count). The van der Waals surface area contributed by atoms with Crippen molar-refractivity contribution in [3.05, 3.63) is 95.8 Å². The van der Waals surface area contributed by atoms with Crippen LogP contribution in [0.2, 0.25) is 0 Å². The van der Waals surface area contributed by atoms with E-state index >= 15 is 0 Å². The Hall–Kier alpha value is -2.85. The lowest BCUT2D eigenvalue weighted by molar-refractivity contribution is 0.627. The van der Waals surface area contributed by atoms with Crippen LogP contribution in [0.1, 0.15) is 11.1 Å². The summed E-state index contributed by atoms with van der Waals surface area (Å²) in [4.78, 5) is 0. The molecule has 0 amide bonds. The van der Waals surface area contributed by atoms with E-state index in [-0.39, 0.29) is 5.82 Å². The second kappa shape index (κ2) is 6.07. The molecule has 0 spiro atoms. The summed E-state index contributed by atoms with van der Waals surface area (Å²) < 4.78 is 12.9. The van der Waals surface area contributed by atoms with Gasteiger partial charge in [0.05, 0.1) is 0 Å². The van der Waals surface area contributed by atoms with Crippen molar-refractivity contribution in [2.45, 2.75) is 0 Å². The lowest BCUT2D eigenvalue weighted by Crippen LogP contribution is -1.84. The molecule has 3 aromatic carbocycles. The molecular weight excluding hydrogens is 259 g/mol. The van der Waals surface area contributed by atoms with Crippen molar-refractivity contribution in [2.24, 2.45) is 0 Å². The SMILES string of the molecule is Fc1ccc(C#Cc2ccccc2-c2ccccc2)cc1. The van der Waals surface area contributed by atoms with Crippen LogP contribution in [0.15, 0.2) is 78.9 Å². The lowest BCUT2D eigenvalue weighted by atomic mass is 10.00. The first kappa shape index (κ1) is 13.1. The molecule has 3 aromatic rings. The molecule has 0 aromatic heterocycles. The van der Waals surface area contributed by atoms with Crippen LogP contribution in [0.5, 0.6) is 0 Å². The second-order valence-electron chi connectivity index (χ2n) is 4.67. The van der Waals surface area contributed by atoms with E-state index in [9.17, 15) is 4.39 Å². The van der Waals surface area contributed by atoms with Crippen LogP contribution in [-0.2, 0) is 0 Å². The molecule has 0 atom stereocenters. The summed E-state index contributed by atoms with van der Waals surface area (Å²) in [5.74, 6) is 6.01. The van der Waals surface area contributed by atoms with Crippen molar-refractivity contribution < 1.29 is 4.39 Å². The highest BCUT2D eigenvalue weighted by molar-refractivity contribution is 5.71. The van der Waals surface area contributed by atoms with Crippen molar-refractivity contribution in [1.29, 1.82) is 0 Å². The van der Waals surface area contributed by atoms with Crippen molar-refractivity contribution in [3.8, 4) is 23.0 Å². The Kier molecular flexibility index (Phi) is 3.80. The van der Waals surface area contributed by atoms with Gasteiger partial charge in [-0.2, -0.15) is 0 Å². The Labute approximate surface area is 123 Å². The van der Waals surface area contributed by atoms with E-state index in [2.05, 4.69) is 30.0 Å². The Morgan fingerprint density at radius 3 is 2.05 bits per heavy atom. The predicted molar refractivity (Wildman–Crippen MR) is 84.3 cm³/mol. The molecule has 100 valence electrons. The largest absolute Gasteiger partial charge is 0.207 e. The molecule has 0 radical (unpaired) electrons. The van der Waals surface area contributed by atoms with Crippen molar-refractivity contribution in [3.63, 3.8) is 0 Å². The molecule has 0 saturated heterocycles. The third kappa shape index (κ3) is 3.19. The average Bonchev–Trinajstić information content (AvgIpc) is 2.55. The van der Waals surface area contributed by atoms with Crippen molar-refractivity contribution in [1.82, 2.24) is 0 Å². The molecular formula is C20H13F. The zero-order valence-corrected chi connectivity index (χ0v) is 11.4. The highest BCUT2D eigenvalue weighted by Gasteiger charge is 2.01. The second-order valence-corrected chi connectivity index (χ2v) is 4.67. The molecule has 0 fully saturated rings. The van der Waals surface area contributed by atoms with Gasteiger partial charge in [-0.05, 0) is 41.5 Å². The van der Waals surface area contributed by atoms with E-state index in [1.807, 2.05) is 36.4 Å². The Balaban J connectivity index is 1.99. The van der Waals surface area contributed by atoms with Gasteiger partial charge < -0.3 is 0 Å². The van der Waals surface area contributed by atoms with E-state index in [0.717, 1.165) is 22.3 Å². The van der Waals surface area contributed by atoms with Gasteiger partial charge in [0.1, 0.15) is 5.82 Å². The predicted octanol–water partition coefficient (Wildman–Crippen LogP) is 4.89. The Bertz CT molecular complexity index is 790. The molecule has 0 nitrogen and oxygen atoms in total. The normalized spacial score (nSPS) is 9.76. The Morgan fingerprint density at radius 2 is 1.29 bits per heavy atom. The topological polar surface area (TPSA) is 0 Å². The van der Waals surface area contributed by atoms with Gasteiger partial charge >= 0.3 is 0 Å². The van der Waals surface area contributed by atoms with Crippen LogP contribution in [-0.4, -0.2) is 0 Å². The average molecular weight is 272 g/mol. The molecule has 0 N–H and O–H groups in total. The first-order valence-electron chi connectivity index (χ1n) is 6.75. The van der Waals surface area contributed by atoms with E-state index < -0.39 is 0 Å². The van der Waals surface area contributed by atoms with Crippen LogP contribution in [0.25, 0.3) is 11.1 Å². The van der Waals surface area contributed by atoms with Crippen LogP contribution in [0.4, 0.5) is 4.39 Å². The highest BCUT2D eigenvalue weighted by atomic mass is 19.1. The maximum absolute atomic E-state index is 12.9. The first-order chi connectivity index (χ1) is 10.3. The van der Waals surface area contributed by atoms with E-state index in [4.69, 9.17) is 0 Å². The van der Waals surface area contributed by atoms with E-state index in [1.54, 1.807) is 12.1 Å². The first-order valence-corrected chi connectivity index (χ1v) is 6.75. The van der Waals surface area contributed by atoms with Gasteiger partial charge in [0.15, 0.2) is 0 Å². The summed E-state index contributed by atoms with van der Waals surface area (Å²) in [6, 6.07) is 24.4. The third-order valence-corrected chi connectivity index (χ3v) is 3.20. The third-order valence-electron chi connectivity index (χ3n) is 3.20. The molecule has 1 heteroatoms. The van der Waals surface area contributed by atoms with Gasteiger partial charge in [-0.3, -0.25) is 0 Å². The summed E-state index contributed by atoms with van der Waals surface area (Å²) in [7, 11) is 0. The summed E-state index contributed by atoms with van der Waals surface area (Å²) in [5.41, 5.74) is 4.02. The zero-order chi connectivity index (χ0) is 14.5. The van der Waals surface area contributed by atoms with Gasteiger partial charge in [-0.1, -0.05) is 60.4 Å². The fourth-order valence-corrected chi connectivity index (χ4v) is 2.13. The summed E-state index contributed by atoms with van der Waals surface area (Å²) in [6.07, 6.45) is 0. The highest BCUT2D eigenvalue weighted by Crippen LogP contribution is 2.22. The molecule has 0 unspecified atom stereocenters. The minimum atomic E-state index is -0.245. The zero-order valence-electron chi connectivity index (χ0n) is 11.4. The van der Waals surface area contributed by atoms with Gasteiger partial charge in [-0.15, -0.1) is 0 Å². The van der Waals surface area contributed by atoms with Crippen LogP contribution < -0.4 is 0 Å². The van der Waals surface area contributed by atoms with Crippen molar-refractivity contribution >= 4 is 0 Å². The van der Waals surface area contributed by atoms with Gasteiger partial charge in [0.25, 0.3) is 0 Å². The quantitative estimate of drug-likeness (QED) is 0.553. The number of hydrogen-bond acceptors (Lipinski definition) is 0. The molecule has 0 aliphatic rings. The summed E-state index contributed by atoms with van der Waals surface area (Å²) >= 11 is 0. The standard InChI is InChI=1S/C20H13F/c21-19-14-11-16(12-15-19)10-13-18-8-4-5-9-20(18)17-6-2-1-3-7-17/h1-9,11-12,14-15H. The van der Waals surface area contributed by atoms with Gasteiger partial charge in [0.2, 0.25) is 0 Å². The minimum Gasteiger partial charge on any atom is -0.207 e. The molecule has 0 heterocycles. The minimum absolute atomic E-state index is 0.245. The number of hydrogen-bond donors (Lipinski definition) is 0. The number of benzene rings is 3. The van der Waals surface area contributed by atoms with Crippen molar-refractivity contribution in [2.75, 3.05) is 0 Å². The molecule has 21 heavy (non-hydrogen) atoms. The van der Waals surface area contributed by atoms with Crippen LogP contribution in [0.3, 0.4) is 0 Å². The monoisotopic (exact) mass is 272 g/mol. The fourth-order valence-electron chi connectivity index (χ4n) is 2.13. The van der Waals surface area contributed by atoms with Crippen LogP contribution in [0, 0.1) is 17.7 Å². The summed E-state index contributed by atoms with van der Waals surface area (Å²) in [5, 5.41) is 0. The number of halogens is 1. The molecule has 0 aliphatic heterocycles. The Morgan fingerprint density at radius 1 is 0.619 bits per heavy atom. The maximum Gasteiger partial charge on any atom is 0.123 e. The van der Waals surface area contributed by atoms with Crippen LogP contribution >= 0.6 is 0 Å². The van der Waals surface area contributed by atoms with E-state index in [0.29, 0.717) is 0 Å². The summed E-state index contributed by atoms with van der Waals surface area (Å²) in [6.45, 7) is 0. The van der Waals surface area contributed by atoms with E-state index in [1.165, 1.54) is 12.1 Å². The smallest absolute Gasteiger partial charge is 0.123 e. The fraction of sp³-hybridized carbons (Fsp3) is 0. The molecule has 0 aliphatic carbocycles. The maximum atomic E-state index is 12.9. The molecule has 0 saturated carbocycles. The number of rotatable bonds is 1. The lowest BCUT2D eigenvalue weighted by Gasteiger charge is -2.04. The van der Waals surface area contributed by atoms with Gasteiger partial charge in [0, 0.05) is 11.1 Å².